The van der Waals surface area contributed by atoms with Crippen LogP contribution in [0.15, 0.2) is 54.1 Å². The summed E-state index contributed by atoms with van der Waals surface area (Å²) in [6.07, 6.45) is 1.59. The molecule has 6 heteroatoms. The summed E-state index contributed by atoms with van der Waals surface area (Å²) in [5, 5.41) is 1.70. The first-order valence-electron chi connectivity index (χ1n) is 6.43. The van der Waals surface area contributed by atoms with Crippen molar-refractivity contribution in [3.63, 3.8) is 0 Å². The van der Waals surface area contributed by atoms with Crippen molar-refractivity contribution in [2.45, 2.75) is 0 Å². The van der Waals surface area contributed by atoms with Crippen LogP contribution in [0.25, 0.3) is 6.08 Å². The van der Waals surface area contributed by atoms with E-state index in [2.05, 4.69) is 28.0 Å². The van der Waals surface area contributed by atoms with Gasteiger partial charge in [0.15, 0.2) is 0 Å². The van der Waals surface area contributed by atoms with Crippen LogP contribution in [0.4, 0.5) is 5.69 Å². The van der Waals surface area contributed by atoms with Crippen LogP contribution in [0.2, 0.25) is 5.02 Å². The standard InChI is InChI=1S/C16H10ClIN2O2/c17-11-4-2-6-13(9-11)20-16(22)14(15(21)19-20)8-10-3-1-5-12(18)7-10/h1-9H,(H,19,21)/b14-8-. The zero-order valence-corrected chi connectivity index (χ0v) is 14.1. The van der Waals surface area contributed by atoms with Crippen molar-refractivity contribution >= 4 is 57.8 Å². The summed E-state index contributed by atoms with van der Waals surface area (Å²) in [6.45, 7) is 0. The van der Waals surface area contributed by atoms with Gasteiger partial charge in [-0.15, -0.1) is 0 Å². The molecule has 0 aliphatic carbocycles. The quantitative estimate of drug-likeness (QED) is 0.456. The Morgan fingerprint density at radius 2 is 1.86 bits per heavy atom. The second-order valence-corrected chi connectivity index (χ2v) is 6.36. The minimum Gasteiger partial charge on any atom is -0.267 e. The molecule has 0 radical (unpaired) electrons. The van der Waals surface area contributed by atoms with Gasteiger partial charge in [-0.05, 0) is 64.6 Å². The fourth-order valence-electron chi connectivity index (χ4n) is 2.12. The van der Waals surface area contributed by atoms with Gasteiger partial charge in [-0.25, -0.2) is 5.01 Å². The van der Waals surface area contributed by atoms with Crippen molar-refractivity contribution in [2.24, 2.45) is 0 Å². The highest BCUT2D eigenvalue weighted by atomic mass is 127. The average molecular weight is 425 g/mol. The summed E-state index contributed by atoms with van der Waals surface area (Å²) in [6, 6.07) is 14.3. The molecule has 1 aliphatic rings. The Bertz CT molecular complexity index is 804. The van der Waals surface area contributed by atoms with Gasteiger partial charge in [0.25, 0.3) is 11.8 Å². The number of hydrogen-bond donors (Lipinski definition) is 1. The Hall–Kier alpha value is -1.86. The van der Waals surface area contributed by atoms with Crippen LogP contribution in [0, 0.1) is 3.57 Å². The first-order chi connectivity index (χ1) is 10.5. The molecule has 0 atom stereocenters. The lowest BCUT2D eigenvalue weighted by Crippen LogP contribution is -2.35. The molecular formula is C16H10ClIN2O2. The van der Waals surface area contributed by atoms with Gasteiger partial charge in [-0.3, -0.25) is 15.0 Å². The number of amides is 2. The number of nitrogens with one attached hydrogen (secondary N) is 1. The van der Waals surface area contributed by atoms with Crippen LogP contribution in [-0.4, -0.2) is 11.8 Å². The van der Waals surface area contributed by atoms with Crippen LogP contribution in [0.3, 0.4) is 0 Å². The Morgan fingerprint density at radius 3 is 2.59 bits per heavy atom. The van der Waals surface area contributed by atoms with E-state index in [9.17, 15) is 9.59 Å². The van der Waals surface area contributed by atoms with E-state index in [-0.39, 0.29) is 5.57 Å². The molecule has 22 heavy (non-hydrogen) atoms. The molecule has 0 spiro atoms. The molecule has 2 amide bonds. The monoisotopic (exact) mass is 424 g/mol. The lowest BCUT2D eigenvalue weighted by Gasteiger charge is -2.14. The van der Waals surface area contributed by atoms with Gasteiger partial charge < -0.3 is 0 Å². The van der Waals surface area contributed by atoms with E-state index >= 15 is 0 Å². The first-order valence-corrected chi connectivity index (χ1v) is 7.88. The van der Waals surface area contributed by atoms with Crippen LogP contribution in [0.5, 0.6) is 0 Å². The maximum absolute atomic E-state index is 12.4. The SMILES string of the molecule is O=C1NN(c2cccc(Cl)c2)C(=O)/C1=C\c1cccc(I)c1. The van der Waals surface area contributed by atoms with Gasteiger partial charge in [0.1, 0.15) is 5.57 Å². The summed E-state index contributed by atoms with van der Waals surface area (Å²) in [4.78, 5) is 24.5. The number of nitrogens with zero attached hydrogens (tertiary/aromatic N) is 1. The first kappa shape index (κ1) is 15.1. The minimum absolute atomic E-state index is 0.0991. The molecule has 2 aromatic carbocycles. The molecular weight excluding hydrogens is 415 g/mol. The summed E-state index contributed by atoms with van der Waals surface area (Å²) >= 11 is 8.10. The largest absolute Gasteiger partial charge is 0.282 e. The third-order valence-electron chi connectivity index (χ3n) is 3.12. The van der Waals surface area contributed by atoms with Gasteiger partial charge in [0.05, 0.1) is 5.69 Å². The zero-order chi connectivity index (χ0) is 15.7. The van der Waals surface area contributed by atoms with Crippen molar-refractivity contribution in [3.8, 4) is 0 Å². The molecule has 0 aromatic heterocycles. The van der Waals surface area contributed by atoms with E-state index in [1.807, 2.05) is 24.3 Å². The molecule has 4 nitrogen and oxygen atoms in total. The van der Waals surface area contributed by atoms with E-state index in [1.165, 1.54) is 5.01 Å². The summed E-state index contributed by atoms with van der Waals surface area (Å²) in [5.74, 6) is -0.824. The topological polar surface area (TPSA) is 49.4 Å². The summed E-state index contributed by atoms with van der Waals surface area (Å²) in [7, 11) is 0. The number of benzene rings is 2. The fourth-order valence-corrected chi connectivity index (χ4v) is 2.87. The van der Waals surface area contributed by atoms with Crippen molar-refractivity contribution in [1.82, 2.24) is 5.43 Å². The molecule has 0 unspecified atom stereocenters. The molecule has 110 valence electrons. The van der Waals surface area contributed by atoms with E-state index in [0.717, 1.165) is 9.13 Å². The third kappa shape index (κ3) is 3.00. The van der Waals surface area contributed by atoms with Crippen LogP contribution >= 0.6 is 34.2 Å². The predicted molar refractivity (Wildman–Crippen MR) is 94.2 cm³/mol. The highest BCUT2D eigenvalue weighted by Gasteiger charge is 2.34. The van der Waals surface area contributed by atoms with Gasteiger partial charge in [0.2, 0.25) is 0 Å². The van der Waals surface area contributed by atoms with Gasteiger partial charge >= 0.3 is 0 Å². The Kier molecular flexibility index (Phi) is 4.17. The molecule has 1 heterocycles. The Morgan fingerprint density at radius 1 is 1.09 bits per heavy atom. The molecule has 2 aromatic rings. The highest BCUT2D eigenvalue weighted by Crippen LogP contribution is 2.24. The van der Waals surface area contributed by atoms with Gasteiger partial charge in [0, 0.05) is 8.59 Å². The van der Waals surface area contributed by atoms with Crippen LogP contribution in [0.1, 0.15) is 5.56 Å². The maximum Gasteiger partial charge on any atom is 0.282 e. The zero-order valence-electron chi connectivity index (χ0n) is 11.2. The molecule has 1 N–H and O–H groups in total. The molecule has 0 bridgehead atoms. The van der Waals surface area contributed by atoms with Crippen molar-refractivity contribution < 1.29 is 9.59 Å². The fraction of sp³-hybridized carbons (Fsp3) is 0. The molecule has 0 saturated carbocycles. The second-order valence-electron chi connectivity index (χ2n) is 4.67. The molecule has 1 saturated heterocycles. The second kappa shape index (κ2) is 6.10. The van der Waals surface area contributed by atoms with Crippen molar-refractivity contribution in [3.05, 3.63) is 68.3 Å². The van der Waals surface area contributed by atoms with Gasteiger partial charge in [-0.1, -0.05) is 29.8 Å². The lowest BCUT2D eigenvalue weighted by molar-refractivity contribution is -0.117. The average Bonchev–Trinajstić information content (AvgIpc) is 2.75. The number of halogens is 2. The number of carbonyl (C=O) groups is 2. The number of hydrogen-bond acceptors (Lipinski definition) is 2. The van der Waals surface area contributed by atoms with Crippen LogP contribution < -0.4 is 10.4 Å². The summed E-state index contributed by atoms with van der Waals surface area (Å²) < 4.78 is 1.03. The third-order valence-corrected chi connectivity index (χ3v) is 4.02. The number of carbonyl (C=O) groups excluding carboxylic acids is 2. The number of anilines is 1. The van der Waals surface area contributed by atoms with E-state index in [4.69, 9.17) is 11.6 Å². The van der Waals surface area contributed by atoms with Crippen molar-refractivity contribution in [1.29, 1.82) is 0 Å². The molecule has 1 fully saturated rings. The summed E-state index contributed by atoms with van der Waals surface area (Å²) in [5.41, 5.74) is 3.98. The Labute approximate surface area is 145 Å². The van der Waals surface area contributed by atoms with E-state index in [1.54, 1.807) is 30.3 Å². The number of hydrazine groups is 1. The smallest absolute Gasteiger partial charge is 0.267 e. The van der Waals surface area contributed by atoms with Gasteiger partial charge in [-0.2, -0.15) is 0 Å². The molecule has 1 aliphatic heterocycles. The highest BCUT2D eigenvalue weighted by molar-refractivity contribution is 14.1. The number of rotatable bonds is 2. The minimum atomic E-state index is -0.427. The van der Waals surface area contributed by atoms with E-state index in [0.29, 0.717) is 10.7 Å². The van der Waals surface area contributed by atoms with Crippen molar-refractivity contribution in [2.75, 3.05) is 5.01 Å². The van der Waals surface area contributed by atoms with Crippen LogP contribution in [-0.2, 0) is 9.59 Å². The normalized spacial score (nSPS) is 16.3. The molecule has 3 rings (SSSR count). The van der Waals surface area contributed by atoms with E-state index < -0.39 is 11.8 Å². The lowest BCUT2D eigenvalue weighted by atomic mass is 10.1. The Balaban J connectivity index is 1.95. The predicted octanol–water partition coefficient (Wildman–Crippen LogP) is 3.41. The maximum atomic E-state index is 12.4.